The summed E-state index contributed by atoms with van der Waals surface area (Å²) >= 11 is 5.93. The second-order valence-electron chi connectivity index (χ2n) is 6.89. The molecule has 2 aromatic carbocycles. The Morgan fingerprint density at radius 2 is 1.70 bits per heavy atom. The summed E-state index contributed by atoms with van der Waals surface area (Å²) in [6, 6.07) is 9.63. The minimum absolute atomic E-state index is 0.0720. The number of likely N-dealkylation sites (tertiary alicyclic amines) is 1. The summed E-state index contributed by atoms with van der Waals surface area (Å²) in [5.74, 6) is -0.105. The standard InChI is InChI=1S/C20H23ClN2O3S/c1-14-6-8-17(13-18(14)20(24)23-10-4-3-5-11-23)27(25,26)22-19-9-7-16(21)12-15(19)2/h6-9,12-13,22H,3-5,10-11H2,1-2H3. The van der Waals surface area contributed by atoms with Crippen molar-refractivity contribution in [3.8, 4) is 0 Å². The van der Waals surface area contributed by atoms with E-state index in [0.29, 0.717) is 16.3 Å². The van der Waals surface area contributed by atoms with Crippen LogP contribution >= 0.6 is 11.6 Å². The van der Waals surface area contributed by atoms with Crippen LogP contribution in [0.15, 0.2) is 41.3 Å². The molecule has 0 atom stereocenters. The van der Waals surface area contributed by atoms with Crippen molar-refractivity contribution >= 4 is 33.2 Å². The Morgan fingerprint density at radius 1 is 1.00 bits per heavy atom. The molecule has 1 amide bonds. The molecule has 7 heteroatoms. The van der Waals surface area contributed by atoms with Gasteiger partial charge in [-0.3, -0.25) is 9.52 Å². The van der Waals surface area contributed by atoms with Crippen LogP contribution in [0.4, 0.5) is 5.69 Å². The number of carbonyl (C=O) groups excluding carboxylic acids is 1. The third kappa shape index (κ3) is 4.45. The van der Waals surface area contributed by atoms with Gasteiger partial charge >= 0.3 is 0 Å². The van der Waals surface area contributed by atoms with E-state index >= 15 is 0 Å². The summed E-state index contributed by atoms with van der Waals surface area (Å²) < 4.78 is 28.2. The molecule has 1 N–H and O–H groups in total. The number of sulfonamides is 1. The van der Waals surface area contributed by atoms with Gasteiger partial charge in [0.2, 0.25) is 0 Å². The lowest BCUT2D eigenvalue weighted by molar-refractivity contribution is 0.0723. The fourth-order valence-electron chi connectivity index (χ4n) is 3.21. The molecule has 2 aromatic rings. The van der Waals surface area contributed by atoms with Gasteiger partial charge in [0.15, 0.2) is 0 Å². The van der Waals surface area contributed by atoms with Crippen LogP contribution in [0, 0.1) is 13.8 Å². The smallest absolute Gasteiger partial charge is 0.261 e. The number of rotatable bonds is 4. The number of halogens is 1. The molecule has 1 fully saturated rings. The van der Waals surface area contributed by atoms with Crippen molar-refractivity contribution in [1.29, 1.82) is 0 Å². The van der Waals surface area contributed by atoms with Gasteiger partial charge in [0.1, 0.15) is 0 Å². The minimum atomic E-state index is -3.82. The number of aryl methyl sites for hydroxylation is 2. The second-order valence-corrected chi connectivity index (χ2v) is 9.01. The van der Waals surface area contributed by atoms with Crippen LogP contribution in [0.1, 0.15) is 40.7 Å². The monoisotopic (exact) mass is 406 g/mol. The number of anilines is 1. The summed E-state index contributed by atoms with van der Waals surface area (Å²) in [5, 5.41) is 0.542. The third-order valence-electron chi connectivity index (χ3n) is 4.83. The van der Waals surface area contributed by atoms with Crippen molar-refractivity contribution in [2.75, 3.05) is 17.8 Å². The first-order valence-electron chi connectivity index (χ1n) is 8.97. The predicted octanol–water partition coefficient (Wildman–Crippen LogP) is 4.38. The normalized spacial score (nSPS) is 14.9. The van der Waals surface area contributed by atoms with E-state index in [0.717, 1.165) is 43.5 Å². The van der Waals surface area contributed by atoms with Gasteiger partial charge in [0, 0.05) is 23.7 Å². The number of piperidine rings is 1. The predicted molar refractivity (Wildman–Crippen MR) is 108 cm³/mol. The second kappa shape index (κ2) is 7.90. The Morgan fingerprint density at radius 3 is 2.37 bits per heavy atom. The summed E-state index contributed by atoms with van der Waals surface area (Å²) in [7, 11) is -3.82. The van der Waals surface area contributed by atoms with Gasteiger partial charge in [-0.2, -0.15) is 0 Å². The lowest BCUT2D eigenvalue weighted by Crippen LogP contribution is -2.36. The number of hydrogen-bond donors (Lipinski definition) is 1. The first-order chi connectivity index (χ1) is 12.8. The van der Waals surface area contributed by atoms with Gasteiger partial charge in [-0.25, -0.2) is 8.42 Å². The Balaban J connectivity index is 1.90. The number of hydrogen-bond acceptors (Lipinski definition) is 3. The van der Waals surface area contributed by atoms with Crippen molar-refractivity contribution in [2.45, 2.75) is 38.0 Å². The molecule has 3 rings (SSSR count). The zero-order valence-corrected chi connectivity index (χ0v) is 17.0. The van der Waals surface area contributed by atoms with Crippen LogP contribution in [0.3, 0.4) is 0 Å². The van der Waals surface area contributed by atoms with Crippen LogP contribution < -0.4 is 4.72 Å². The molecule has 1 saturated heterocycles. The van der Waals surface area contributed by atoms with Crippen LogP contribution in [-0.4, -0.2) is 32.3 Å². The molecule has 5 nitrogen and oxygen atoms in total. The maximum atomic E-state index is 12.8. The molecule has 1 aliphatic heterocycles. The van der Waals surface area contributed by atoms with Gasteiger partial charge in [0.05, 0.1) is 10.6 Å². The SMILES string of the molecule is Cc1cc(Cl)ccc1NS(=O)(=O)c1ccc(C)c(C(=O)N2CCCCC2)c1. The van der Waals surface area contributed by atoms with Crippen molar-refractivity contribution in [3.05, 3.63) is 58.1 Å². The van der Waals surface area contributed by atoms with Gasteiger partial charge < -0.3 is 4.90 Å². The topological polar surface area (TPSA) is 66.5 Å². The van der Waals surface area contributed by atoms with Crippen LogP contribution in [0.25, 0.3) is 0 Å². The average Bonchev–Trinajstić information content (AvgIpc) is 2.64. The fourth-order valence-corrected chi connectivity index (χ4v) is 4.59. The molecule has 0 aliphatic carbocycles. The van der Waals surface area contributed by atoms with Crippen molar-refractivity contribution < 1.29 is 13.2 Å². The summed E-state index contributed by atoms with van der Waals surface area (Å²) in [6.45, 7) is 5.05. The van der Waals surface area contributed by atoms with Crippen molar-refractivity contribution in [3.63, 3.8) is 0 Å². The van der Waals surface area contributed by atoms with E-state index in [4.69, 9.17) is 11.6 Å². The average molecular weight is 407 g/mol. The van der Waals surface area contributed by atoms with E-state index in [-0.39, 0.29) is 10.8 Å². The van der Waals surface area contributed by atoms with Crippen molar-refractivity contribution in [1.82, 2.24) is 4.90 Å². The Hall–Kier alpha value is -2.05. The van der Waals surface area contributed by atoms with E-state index in [1.165, 1.54) is 12.1 Å². The number of amides is 1. The molecule has 0 aromatic heterocycles. The van der Waals surface area contributed by atoms with E-state index in [1.807, 2.05) is 6.92 Å². The first-order valence-corrected chi connectivity index (χ1v) is 10.8. The van der Waals surface area contributed by atoms with E-state index in [9.17, 15) is 13.2 Å². The van der Waals surface area contributed by atoms with Gasteiger partial charge in [-0.1, -0.05) is 17.7 Å². The van der Waals surface area contributed by atoms with Crippen molar-refractivity contribution in [2.24, 2.45) is 0 Å². The molecule has 144 valence electrons. The van der Waals surface area contributed by atoms with Crippen LogP contribution in [0.2, 0.25) is 5.02 Å². The molecule has 27 heavy (non-hydrogen) atoms. The fraction of sp³-hybridized carbons (Fsp3) is 0.350. The molecule has 0 radical (unpaired) electrons. The quantitative estimate of drug-likeness (QED) is 0.819. The summed E-state index contributed by atoms with van der Waals surface area (Å²) in [6.07, 6.45) is 3.10. The molecule has 0 unspecified atom stereocenters. The number of carbonyl (C=O) groups is 1. The minimum Gasteiger partial charge on any atom is -0.339 e. The molecule has 0 spiro atoms. The lowest BCUT2D eigenvalue weighted by Gasteiger charge is -2.27. The van der Waals surface area contributed by atoms with Gasteiger partial charge in [-0.05, 0) is 74.6 Å². The van der Waals surface area contributed by atoms with E-state index in [1.54, 1.807) is 36.1 Å². The van der Waals surface area contributed by atoms with E-state index in [2.05, 4.69) is 4.72 Å². The zero-order chi connectivity index (χ0) is 19.6. The third-order valence-corrected chi connectivity index (χ3v) is 6.42. The van der Waals surface area contributed by atoms with Crippen LogP contribution in [-0.2, 0) is 10.0 Å². The zero-order valence-electron chi connectivity index (χ0n) is 15.5. The highest BCUT2D eigenvalue weighted by atomic mass is 35.5. The van der Waals surface area contributed by atoms with Gasteiger partial charge in [0.25, 0.3) is 15.9 Å². The Kier molecular flexibility index (Phi) is 5.77. The Bertz CT molecular complexity index is 967. The maximum absolute atomic E-state index is 12.8. The largest absolute Gasteiger partial charge is 0.339 e. The molecule has 0 saturated carbocycles. The number of nitrogens with one attached hydrogen (secondary N) is 1. The summed E-state index contributed by atoms with van der Waals surface area (Å²) in [4.78, 5) is 14.7. The highest BCUT2D eigenvalue weighted by Crippen LogP contribution is 2.25. The number of nitrogens with zero attached hydrogens (tertiary/aromatic N) is 1. The lowest BCUT2D eigenvalue weighted by atomic mass is 10.1. The molecule has 0 bridgehead atoms. The molecular weight excluding hydrogens is 384 g/mol. The summed E-state index contributed by atoms with van der Waals surface area (Å²) in [5.41, 5.74) is 2.39. The molecule has 1 heterocycles. The first kappa shape index (κ1) is 19.7. The Labute approximate surface area is 165 Å². The molecule has 1 aliphatic rings. The molecular formula is C20H23ClN2O3S. The van der Waals surface area contributed by atoms with Crippen LogP contribution in [0.5, 0.6) is 0 Å². The highest BCUT2D eigenvalue weighted by molar-refractivity contribution is 7.92. The van der Waals surface area contributed by atoms with E-state index < -0.39 is 10.0 Å². The highest BCUT2D eigenvalue weighted by Gasteiger charge is 2.23. The van der Waals surface area contributed by atoms with Gasteiger partial charge in [-0.15, -0.1) is 0 Å². The number of benzene rings is 2. The maximum Gasteiger partial charge on any atom is 0.261 e.